The number of hydrogen-bond donors (Lipinski definition) is 0. The van der Waals surface area contributed by atoms with E-state index >= 15 is 0 Å². The van der Waals surface area contributed by atoms with Crippen LogP contribution < -0.4 is 0 Å². The second kappa shape index (κ2) is 3.79. The van der Waals surface area contributed by atoms with Crippen LogP contribution in [0.2, 0.25) is 0 Å². The Bertz CT molecular complexity index is 555. The number of rotatable bonds is 2. The van der Waals surface area contributed by atoms with Crippen LogP contribution in [0.15, 0.2) is 10.7 Å². The molecule has 9 nitrogen and oxygen atoms in total. The minimum Gasteiger partial charge on any atom is -0.612 e. The van der Waals surface area contributed by atoms with Gasteiger partial charge in [-0.05, 0) is 16.4 Å². The summed E-state index contributed by atoms with van der Waals surface area (Å²) < 4.78 is 4.42. The average molecular weight is 253 g/mol. The molecule has 0 radical (unpaired) electrons. The zero-order valence-corrected chi connectivity index (χ0v) is 9.56. The molecule has 1 atom stereocenters. The Kier molecular flexibility index (Phi) is 2.53. The van der Waals surface area contributed by atoms with Gasteiger partial charge in [0.15, 0.2) is 0 Å². The molecular weight excluding hydrogens is 244 g/mol. The van der Waals surface area contributed by atoms with Crippen molar-refractivity contribution in [3.8, 4) is 0 Å². The summed E-state index contributed by atoms with van der Waals surface area (Å²) in [7, 11) is 0. The van der Waals surface area contributed by atoms with Crippen molar-refractivity contribution >= 4 is 11.8 Å². The van der Waals surface area contributed by atoms with Gasteiger partial charge in [0, 0.05) is 18.8 Å². The molecule has 1 aromatic heterocycles. The molecule has 0 aliphatic heterocycles. The third-order valence-corrected chi connectivity index (χ3v) is 2.93. The average Bonchev–Trinajstić information content (AvgIpc) is 2.74. The van der Waals surface area contributed by atoms with Crippen LogP contribution in [0, 0.1) is 26.4 Å². The SMILES string of the molecule is CC(C)(C1C=Cc2nonc2C1=[N+]([O-])[O-])[N+](=O)[O-]. The van der Waals surface area contributed by atoms with Gasteiger partial charge in [0.05, 0.1) is 0 Å². The van der Waals surface area contributed by atoms with E-state index in [1.54, 1.807) is 0 Å². The Hall–Kier alpha value is -2.45. The molecule has 0 saturated carbocycles. The summed E-state index contributed by atoms with van der Waals surface area (Å²) in [6, 6.07) is 0. The highest BCUT2D eigenvalue weighted by Gasteiger charge is 2.49. The van der Waals surface area contributed by atoms with Crippen molar-refractivity contribution in [3.05, 3.63) is 38.0 Å². The predicted octanol–water partition coefficient (Wildman–Crippen LogP) is 0.565. The minimum absolute atomic E-state index is 0.0533. The monoisotopic (exact) mass is 253 g/mol. The zero-order chi connectivity index (χ0) is 13.5. The Labute approximate surface area is 101 Å². The number of nitro groups is 1. The highest BCUT2D eigenvalue weighted by molar-refractivity contribution is 6.03. The van der Waals surface area contributed by atoms with Crippen LogP contribution >= 0.6 is 0 Å². The summed E-state index contributed by atoms with van der Waals surface area (Å²) >= 11 is 0. The first-order chi connectivity index (χ1) is 8.35. The second-order valence-electron chi connectivity index (χ2n) is 4.39. The van der Waals surface area contributed by atoms with Crippen LogP contribution in [-0.4, -0.2) is 31.4 Å². The van der Waals surface area contributed by atoms with Gasteiger partial charge in [0.1, 0.15) is 11.6 Å². The van der Waals surface area contributed by atoms with Gasteiger partial charge in [-0.25, -0.2) is 4.63 Å². The minimum atomic E-state index is -1.52. The lowest BCUT2D eigenvalue weighted by atomic mass is 9.80. The molecule has 0 N–H and O–H groups in total. The molecule has 9 heteroatoms. The lowest BCUT2D eigenvalue weighted by molar-refractivity contribution is -0.566. The summed E-state index contributed by atoms with van der Waals surface area (Å²) in [5, 5.41) is 40.1. The van der Waals surface area contributed by atoms with Crippen molar-refractivity contribution in [2.75, 3.05) is 0 Å². The van der Waals surface area contributed by atoms with E-state index in [0.29, 0.717) is 0 Å². The van der Waals surface area contributed by atoms with Crippen LogP contribution in [0.5, 0.6) is 0 Å². The first-order valence-electron chi connectivity index (χ1n) is 5.02. The van der Waals surface area contributed by atoms with E-state index in [2.05, 4.69) is 14.9 Å². The van der Waals surface area contributed by atoms with Gasteiger partial charge in [-0.1, -0.05) is 6.08 Å². The van der Waals surface area contributed by atoms with Gasteiger partial charge >= 0.3 is 0 Å². The molecule has 1 aromatic rings. The summed E-state index contributed by atoms with van der Waals surface area (Å²) in [6.45, 7) is 2.65. The molecule has 96 valence electrons. The summed E-state index contributed by atoms with van der Waals surface area (Å²) in [5.74, 6) is -0.998. The van der Waals surface area contributed by atoms with E-state index < -0.39 is 21.3 Å². The molecule has 0 saturated heterocycles. The molecular formula is C9H9N4O5-. The topological polar surface area (TPSA) is 131 Å². The smallest absolute Gasteiger partial charge is 0.244 e. The lowest BCUT2D eigenvalue weighted by Gasteiger charge is -2.26. The molecule has 1 unspecified atom stereocenters. The van der Waals surface area contributed by atoms with Crippen LogP contribution in [0.3, 0.4) is 0 Å². The van der Waals surface area contributed by atoms with Crippen molar-refractivity contribution in [3.63, 3.8) is 0 Å². The fourth-order valence-electron chi connectivity index (χ4n) is 1.79. The van der Waals surface area contributed by atoms with E-state index in [1.165, 1.54) is 26.0 Å². The molecule has 0 amide bonds. The first kappa shape index (κ1) is 12.0. The predicted molar refractivity (Wildman–Crippen MR) is 59.0 cm³/mol. The quantitative estimate of drug-likeness (QED) is 0.427. The van der Waals surface area contributed by atoms with E-state index in [4.69, 9.17) is 0 Å². The standard InChI is InChI=1S/C9H9N4O5/c1-9(2,13(16)17)5-3-4-6-7(11-18-10-6)8(5)12(14)15/h3-5H,1-2H3/q-1. The molecule has 2 rings (SSSR count). The fraction of sp³-hybridized carbons (Fsp3) is 0.444. The van der Waals surface area contributed by atoms with Gasteiger partial charge in [0.25, 0.3) is 0 Å². The van der Waals surface area contributed by atoms with Crippen LogP contribution in [0.25, 0.3) is 6.08 Å². The van der Waals surface area contributed by atoms with Crippen LogP contribution in [0.1, 0.15) is 25.2 Å². The van der Waals surface area contributed by atoms with Crippen molar-refractivity contribution in [2.45, 2.75) is 19.4 Å². The Morgan fingerprint density at radius 3 is 2.56 bits per heavy atom. The molecule has 0 fully saturated rings. The maximum atomic E-state index is 11.1. The van der Waals surface area contributed by atoms with Gasteiger partial charge in [0.2, 0.25) is 16.9 Å². The third-order valence-electron chi connectivity index (χ3n) is 2.93. The van der Waals surface area contributed by atoms with E-state index in [9.17, 15) is 20.5 Å². The number of fused-ring (bicyclic) bond motifs is 1. The molecule has 0 aromatic carbocycles. The van der Waals surface area contributed by atoms with Gasteiger partial charge in [-0.2, -0.15) is 4.90 Å². The summed E-state index contributed by atoms with van der Waals surface area (Å²) in [5.41, 5.74) is -1.73. The highest BCUT2D eigenvalue weighted by Crippen LogP contribution is 2.30. The highest BCUT2D eigenvalue weighted by atomic mass is 16.8. The molecule has 18 heavy (non-hydrogen) atoms. The number of aromatic nitrogens is 2. The van der Waals surface area contributed by atoms with Gasteiger partial charge in [-0.15, -0.1) is 0 Å². The van der Waals surface area contributed by atoms with Crippen LogP contribution in [-0.2, 0) is 0 Å². The molecule has 1 heterocycles. The second-order valence-corrected chi connectivity index (χ2v) is 4.39. The lowest BCUT2D eigenvalue weighted by Crippen LogP contribution is -2.46. The molecule has 1 aliphatic carbocycles. The molecule has 0 spiro atoms. The summed E-state index contributed by atoms with van der Waals surface area (Å²) in [4.78, 5) is 9.79. The number of hydrogen-bond acceptors (Lipinski definition) is 7. The van der Waals surface area contributed by atoms with Crippen molar-refractivity contribution < 1.29 is 14.5 Å². The Balaban J connectivity index is 2.59. The zero-order valence-electron chi connectivity index (χ0n) is 9.56. The summed E-state index contributed by atoms with van der Waals surface area (Å²) in [6.07, 6.45) is 2.82. The van der Waals surface area contributed by atoms with Gasteiger partial charge in [-0.3, -0.25) is 10.1 Å². The third kappa shape index (κ3) is 1.60. The van der Waals surface area contributed by atoms with E-state index in [-0.39, 0.29) is 17.1 Å². The van der Waals surface area contributed by atoms with Gasteiger partial charge < -0.3 is 10.4 Å². The normalized spacial score (nSPS) is 18.6. The van der Waals surface area contributed by atoms with Crippen molar-refractivity contribution in [1.82, 2.24) is 10.3 Å². The Morgan fingerprint density at radius 2 is 2.00 bits per heavy atom. The van der Waals surface area contributed by atoms with E-state index in [1.807, 2.05) is 0 Å². The molecule has 0 bridgehead atoms. The maximum Gasteiger partial charge on any atom is 0.244 e. The Morgan fingerprint density at radius 1 is 1.33 bits per heavy atom. The van der Waals surface area contributed by atoms with E-state index in [0.717, 1.165) is 0 Å². The van der Waals surface area contributed by atoms with Crippen molar-refractivity contribution in [2.24, 2.45) is 5.92 Å². The first-order valence-corrected chi connectivity index (χ1v) is 5.02. The van der Waals surface area contributed by atoms with Crippen LogP contribution in [0.4, 0.5) is 0 Å². The number of nitrogens with zero attached hydrogens (tertiary/aromatic N) is 4. The molecule has 1 aliphatic rings. The maximum absolute atomic E-state index is 11.1. The van der Waals surface area contributed by atoms with Crippen molar-refractivity contribution in [1.29, 1.82) is 0 Å². The fourth-order valence-corrected chi connectivity index (χ4v) is 1.79. The largest absolute Gasteiger partial charge is 0.612 e.